The van der Waals surface area contributed by atoms with Crippen molar-refractivity contribution in [1.82, 2.24) is 10.2 Å². The number of halogens is 1. The predicted molar refractivity (Wildman–Crippen MR) is 79.0 cm³/mol. The minimum absolute atomic E-state index is 0.0723. The second-order valence-electron chi connectivity index (χ2n) is 4.93. The van der Waals surface area contributed by atoms with E-state index in [1.165, 1.54) is 0 Å². The van der Waals surface area contributed by atoms with Gasteiger partial charge in [-0.3, -0.25) is 10.3 Å². The third kappa shape index (κ3) is 3.42. The summed E-state index contributed by atoms with van der Waals surface area (Å²) in [5.41, 5.74) is 1.07. The van der Waals surface area contributed by atoms with Crippen LogP contribution in [0.25, 0.3) is 0 Å². The van der Waals surface area contributed by atoms with Crippen LogP contribution in [0, 0.1) is 0 Å². The number of hydrogen-bond acceptors (Lipinski definition) is 4. The van der Waals surface area contributed by atoms with E-state index in [-0.39, 0.29) is 12.1 Å². The predicted octanol–water partition coefficient (Wildman–Crippen LogP) is 2.82. The number of benzene rings is 1. The Balaban J connectivity index is 2.01. The van der Waals surface area contributed by atoms with Crippen molar-refractivity contribution in [3.63, 3.8) is 0 Å². The maximum absolute atomic E-state index is 11.6. The average Bonchev–Trinajstić information content (AvgIpc) is 2.70. The zero-order valence-electron chi connectivity index (χ0n) is 11.8. The first-order chi connectivity index (χ1) is 9.47. The topological polar surface area (TPSA) is 53.9 Å². The van der Waals surface area contributed by atoms with Gasteiger partial charge in [0.05, 0.1) is 18.7 Å². The van der Waals surface area contributed by atoms with Crippen LogP contribution < -0.4 is 5.32 Å². The molecule has 0 aliphatic carbocycles. The van der Waals surface area contributed by atoms with Gasteiger partial charge in [0.2, 0.25) is 5.96 Å². The highest BCUT2D eigenvalue weighted by Gasteiger charge is 2.27. The van der Waals surface area contributed by atoms with Crippen LogP contribution in [0.15, 0.2) is 29.3 Å². The fraction of sp³-hybridized carbons (Fsp3) is 0.429. The molecule has 1 unspecified atom stereocenters. The first-order valence-electron chi connectivity index (χ1n) is 6.47. The van der Waals surface area contributed by atoms with Gasteiger partial charge in [0, 0.05) is 12.1 Å². The summed E-state index contributed by atoms with van der Waals surface area (Å²) >= 11 is 6.00. The Hall–Kier alpha value is -1.75. The number of rotatable bonds is 2. The lowest BCUT2D eigenvalue weighted by molar-refractivity contribution is 0.119. The van der Waals surface area contributed by atoms with E-state index in [2.05, 4.69) is 10.3 Å². The third-order valence-corrected chi connectivity index (χ3v) is 3.24. The molecular formula is C14H18ClN3O2. The first-order valence-corrected chi connectivity index (χ1v) is 6.85. The fourth-order valence-electron chi connectivity index (χ4n) is 2.06. The minimum Gasteiger partial charge on any atom is -0.447 e. The molecule has 2 rings (SSSR count). The van der Waals surface area contributed by atoms with Crippen molar-refractivity contribution in [2.24, 2.45) is 4.99 Å². The highest BCUT2D eigenvalue weighted by atomic mass is 35.5. The minimum atomic E-state index is -0.489. The maximum atomic E-state index is 11.6. The molecule has 6 heteroatoms. The molecule has 1 amide bonds. The van der Waals surface area contributed by atoms with Gasteiger partial charge in [0.1, 0.15) is 0 Å². The van der Waals surface area contributed by atoms with Crippen molar-refractivity contribution in [3.05, 3.63) is 34.9 Å². The number of ether oxygens (including phenoxy) is 1. The van der Waals surface area contributed by atoms with Crippen molar-refractivity contribution in [2.75, 3.05) is 13.6 Å². The third-order valence-electron chi connectivity index (χ3n) is 3.01. The van der Waals surface area contributed by atoms with Gasteiger partial charge in [0.15, 0.2) is 0 Å². The Kier molecular flexibility index (Phi) is 4.49. The van der Waals surface area contributed by atoms with Gasteiger partial charge >= 0.3 is 6.09 Å². The smallest absolute Gasteiger partial charge is 0.414 e. The van der Waals surface area contributed by atoms with E-state index in [9.17, 15) is 4.79 Å². The highest BCUT2D eigenvalue weighted by Crippen LogP contribution is 2.26. The second-order valence-corrected chi connectivity index (χ2v) is 5.36. The molecule has 20 heavy (non-hydrogen) atoms. The summed E-state index contributed by atoms with van der Waals surface area (Å²) in [6.45, 7) is 4.18. The molecule has 1 atom stereocenters. The molecule has 0 fully saturated rings. The fourth-order valence-corrected chi connectivity index (χ4v) is 2.26. The van der Waals surface area contributed by atoms with Gasteiger partial charge in [-0.15, -0.1) is 0 Å². The van der Waals surface area contributed by atoms with Crippen LogP contribution in [0.5, 0.6) is 0 Å². The van der Waals surface area contributed by atoms with Crippen molar-refractivity contribution >= 4 is 23.7 Å². The second kappa shape index (κ2) is 6.13. The molecular weight excluding hydrogens is 278 g/mol. The molecule has 108 valence electrons. The number of nitrogens with one attached hydrogen (secondary N) is 1. The summed E-state index contributed by atoms with van der Waals surface area (Å²) in [7, 11) is 1.88. The number of likely N-dealkylation sites (N-methyl/N-ethyl adjacent to an activating group) is 1. The Morgan fingerprint density at radius 1 is 1.55 bits per heavy atom. The maximum Gasteiger partial charge on any atom is 0.414 e. The Morgan fingerprint density at radius 2 is 2.30 bits per heavy atom. The van der Waals surface area contributed by atoms with Crippen LogP contribution in [0.2, 0.25) is 5.02 Å². The summed E-state index contributed by atoms with van der Waals surface area (Å²) in [4.78, 5) is 17.8. The van der Waals surface area contributed by atoms with Gasteiger partial charge in [-0.25, -0.2) is 4.79 Å². The molecule has 0 saturated heterocycles. The van der Waals surface area contributed by atoms with Crippen molar-refractivity contribution in [2.45, 2.75) is 26.0 Å². The lowest BCUT2D eigenvalue weighted by Crippen LogP contribution is -2.41. The summed E-state index contributed by atoms with van der Waals surface area (Å²) in [6, 6.07) is 7.72. The number of hydrogen-bond donors (Lipinski definition) is 1. The van der Waals surface area contributed by atoms with Crippen LogP contribution >= 0.6 is 11.6 Å². The molecule has 1 aromatic rings. The first kappa shape index (κ1) is 14.7. The number of amides is 1. The number of aliphatic imine (C=N–C) groups is 1. The van der Waals surface area contributed by atoms with E-state index >= 15 is 0 Å². The summed E-state index contributed by atoms with van der Waals surface area (Å²) < 4.78 is 5.04. The molecule has 0 spiro atoms. The zero-order chi connectivity index (χ0) is 14.7. The van der Waals surface area contributed by atoms with E-state index in [1.807, 2.05) is 36.2 Å². The monoisotopic (exact) mass is 295 g/mol. The number of guanidine groups is 1. The van der Waals surface area contributed by atoms with Crippen LogP contribution in [0.1, 0.15) is 25.5 Å². The standard InChI is InChI=1S/C14H18ClN3O2/c1-9(2)20-14(19)17-13-16-8-12(18(13)3)10-5-4-6-11(15)7-10/h4-7,9,12H,8H2,1-3H3,(H,16,17,19). The van der Waals surface area contributed by atoms with Gasteiger partial charge in [-0.05, 0) is 31.5 Å². The van der Waals surface area contributed by atoms with Crippen molar-refractivity contribution < 1.29 is 9.53 Å². The Morgan fingerprint density at radius 3 is 2.95 bits per heavy atom. The average molecular weight is 296 g/mol. The molecule has 1 N–H and O–H groups in total. The summed E-state index contributed by atoms with van der Waals surface area (Å²) in [5, 5.41) is 3.35. The summed E-state index contributed by atoms with van der Waals surface area (Å²) in [5.74, 6) is 0.514. The molecule has 1 aliphatic heterocycles. The van der Waals surface area contributed by atoms with Gasteiger partial charge < -0.3 is 9.64 Å². The van der Waals surface area contributed by atoms with E-state index in [0.717, 1.165) is 5.56 Å². The van der Waals surface area contributed by atoms with Crippen LogP contribution in [0.4, 0.5) is 4.79 Å². The Labute approximate surface area is 123 Å². The SMILES string of the molecule is CC(C)OC(=O)NC1=NCC(c2cccc(Cl)c2)N1C. The quantitative estimate of drug-likeness (QED) is 0.913. The molecule has 1 aromatic carbocycles. The van der Waals surface area contributed by atoms with E-state index in [0.29, 0.717) is 17.5 Å². The number of nitrogens with zero attached hydrogens (tertiary/aromatic N) is 2. The van der Waals surface area contributed by atoms with Crippen LogP contribution in [-0.4, -0.2) is 36.6 Å². The van der Waals surface area contributed by atoms with E-state index < -0.39 is 6.09 Å². The highest BCUT2D eigenvalue weighted by molar-refractivity contribution is 6.30. The summed E-state index contributed by atoms with van der Waals surface area (Å²) in [6.07, 6.45) is -0.650. The van der Waals surface area contributed by atoms with Crippen LogP contribution in [0.3, 0.4) is 0 Å². The van der Waals surface area contributed by atoms with Gasteiger partial charge in [-0.2, -0.15) is 0 Å². The molecule has 1 aliphatic rings. The van der Waals surface area contributed by atoms with Crippen molar-refractivity contribution in [3.8, 4) is 0 Å². The normalized spacial score (nSPS) is 18.1. The number of alkyl carbamates (subject to hydrolysis) is 1. The van der Waals surface area contributed by atoms with Gasteiger partial charge in [0.25, 0.3) is 0 Å². The van der Waals surface area contributed by atoms with E-state index in [4.69, 9.17) is 16.3 Å². The zero-order valence-corrected chi connectivity index (χ0v) is 12.5. The molecule has 1 heterocycles. The number of carbonyl (C=O) groups is 1. The lowest BCUT2D eigenvalue weighted by Gasteiger charge is -2.23. The largest absolute Gasteiger partial charge is 0.447 e. The van der Waals surface area contributed by atoms with Gasteiger partial charge in [-0.1, -0.05) is 23.7 Å². The molecule has 0 bridgehead atoms. The molecule has 5 nitrogen and oxygen atoms in total. The van der Waals surface area contributed by atoms with Crippen molar-refractivity contribution in [1.29, 1.82) is 0 Å². The van der Waals surface area contributed by atoms with E-state index in [1.54, 1.807) is 13.8 Å². The van der Waals surface area contributed by atoms with Crippen LogP contribution in [-0.2, 0) is 4.74 Å². The molecule has 0 aromatic heterocycles. The number of carbonyl (C=O) groups excluding carboxylic acids is 1. The molecule has 0 saturated carbocycles. The Bertz CT molecular complexity index is 531. The lowest BCUT2D eigenvalue weighted by atomic mass is 10.1. The molecule has 0 radical (unpaired) electrons.